The number of aromatic nitrogens is 1. The van der Waals surface area contributed by atoms with Gasteiger partial charge in [-0.3, -0.25) is 14.5 Å². The van der Waals surface area contributed by atoms with E-state index in [2.05, 4.69) is 20.4 Å². The molecule has 3 aromatic rings. The highest BCUT2D eigenvalue weighted by Gasteiger charge is 2.54. The van der Waals surface area contributed by atoms with Crippen LogP contribution in [0, 0.1) is 0 Å². The van der Waals surface area contributed by atoms with Crippen LogP contribution >= 0.6 is 23.1 Å². The zero-order chi connectivity index (χ0) is 34.8. The summed E-state index contributed by atoms with van der Waals surface area (Å²) in [7, 11) is 0. The Balaban J connectivity index is 1.17. The van der Waals surface area contributed by atoms with Gasteiger partial charge < -0.3 is 41.2 Å². The third kappa shape index (κ3) is 6.79. The summed E-state index contributed by atoms with van der Waals surface area (Å²) in [5, 5.41) is 46.2. The van der Waals surface area contributed by atoms with E-state index in [0.29, 0.717) is 18.7 Å². The number of nitrogens with two attached hydrogens (primary N) is 1. The normalized spacial score (nSPS) is 19.3. The van der Waals surface area contributed by atoms with Crippen LogP contribution in [-0.2, 0) is 30.6 Å². The van der Waals surface area contributed by atoms with Crippen LogP contribution in [0.3, 0.4) is 0 Å². The summed E-state index contributed by atoms with van der Waals surface area (Å²) in [6.45, 7) is 1.22. The third-order valence-electron chi connectivity index (χ3n) is 7.79. The fourth-order valence-electron chi connectivity index (χ4n) is 5.39. The van der Waals surface area contributed by atoms with Gasteiger partial charge >= 0.3 is 11.9 Å². The maximum Gasteiger partial charge on any atom is 0.352 e. The lowest BCUT2D eigenvalue weighted by Gasteiger charge is -2.49. The number of nitrogens with zero attached hydrogens (tertiary/aromatic N) is 4. The monoisotopic (exact) mass is 704 g/mol. The molecular formula is C32H28N6O9S2. The third-order valence-corrected chi connectivity index (χ3v) is 9.77. The van der Waals surface area contributed by atoms with E-state index in [1.807, 2.05) is 42.6 Å². The number of hydrogen-bond acceptors (Lipinski definition) is 13. The van der Waals surface area contributed by atoms with E-state index in [9.17, 15) is 39.6 Å². The Morgan fingerprint density at radius 2 is 1.96 bits per heavy atom. The van der Waals surface area contributed by atoms with Crippen molar-refractivity contribution in [2.75, 3.05) is 18.0 Å². The number of fused-ring (bicyclic) bond motifs is 2. The van der Waals surface area contributed by atoms with Gasteiger partial charge in [0.1, 0.15) is 22.8 Å². The number of benzene rings is 2. The van der Waals surface area contributed by atoms with Crippen molar-refractivity contribution in [2.45, 2.75) is 24.1 Å². The fourth-order valence-corrected chi connectivity index (χ4v) is 7.26. The molecule has 4 heterocycles. The summed E-state index contributed by atoms with van der Waals surface area (Å²) in [4.78, 5) is 63.6. The van der Waals surface area contributed by atoms with Crippen molar-refractivity contribution in [2.24, 2.45) is 5.16 Å². The first-order valence-corrected chi connectivity index (χ1v) is 16.5. The Morgan fingerprint density at radius 1 is 1.16 bits per heavy atom. The Kier molecular flexibility index (Phi) is 9.28. The molecule has 0 aliphatic carbocycles. The summed E-state index contributed by atoms with van der Waals surface area (Å²) in [5.41, 5.74) is 7.67. The number of hydrogen-bond donors (Lipinski definition) is 6. The highest BCUT2D eigenvalue weighted by Crippen LogP contribution is 2.41. The summed E-state index contributed by atoms with van der Waals surface area (Å²) < 4.78 is 0. The van der Waals surface area contributed by atoms with E-state index >= 15 is 0 Å². The van der Waals surface area contributed by atoms with Crippen molar-refractivity contribution >= 4 is 63.8 Å². The topological polar surface area (TPSA) is 228 Å². The molecule has 0 saturated carbocycles. The first kappa shape index (κ1) is 33.1. The minimum atomic E-state index is -1.81. The number of nitrogens with one attached hydrogen (secondary N) is 1. The van der Waals surface area contributed by atoms with Crippen molar-refractivity contribution in [1.82, 2.24) is 20.1 Å². The van der Waals surface area contributed by atoms with Crippen LogP contribution in [0.1, 0.15) is 28.5 Å². The number of carboxylic acid groups (broad SMARTS) is 2. The van der Waals surface area contributed by atoms with Crippen molar-refractivity contribution in [3.8, 4) is 11.5 Å². The lowest BCUT2D eigenvalue weighted by Crippen LogP contribution is -2.71. The molecule has 3 atom stereocenters. The Labute approximate surface area is 286 Å². The molecule has 0 radical (unpaired) electrons. The van der Waals surface area contributed by atoms with Gasteiger partial charge in [-0.25, -0.2) is 14.6 Å². The van der Waals surface area contributed by atoms with Gasteiger partial charge in [0, 0.05) is 36.0 Å². The van der Waals surface area contributed by atoms with Crippen LogP contribution in [0.4, 0.5) is 5.13 Å². The molecule has 6 rings (SSSR count). The second-order valence-corrected chi connectivity index (χ2v) is 13.0. The number of phenols is 2. The number of thioether (sulfide) groups is 1. The maximum absolute atomic E-state index is 13.5. The van der Waals surface area contributed by atoms with Gasteiger partial charge in [-0.05, 0) is 34.9 Å². The molecule has 2 aromatic carbocycles. The van der Waals surface area contributed by atoms with E-state index in [-0.39, 0.29) is 27.8 Å². The van der Waals surface area contributed by atoms with Gasteiger partial charge in [0.25, 0.3) is 11.8 Å². The van der Waals surface area contributed by atoms with Gasteiger partial charge in [-0.2, -0.15) is 0 Å². The Morgan fingerprint density at radius 3 is 2.67 bits per heavy atom. The average molecular weight is 705 g/mol. The molecule has 49 heavy (non-hydrogen) atoms. The number of allylic oxidation sites excluding steroid dienone is 1. The number of aliphatic carboxylic acids is 2. The molecule has 1 saturated heterocycles. The number of rotatable bonds is 11. The molecule has 3 aliphatic rings. The number of oxime groups is 1. The summed E-state index contributed by atoms with van der Waals surface area (Å²) >= 11 is 2.24. The van der Waals surface area contributed by atoms with Crippen LogP contribution in [0.5, 0.6) is 11.5 Å². The molecule has 0 bridgehead atoms. The lowest BCUT2D eigenvalue weighted by atomic mass is 10.0. The highest BCUT2D eigenvalue weighted by atomic mass is 32.2. The molecule has 0 spiro atoms. The first-order chi connectivity index (χ1) is 23.5. The van der Waals surface area contributed by atoms with Crippen molar-refractivity contribution in [3.05, 3.63) is 99.9 Å². The highest BCUT2D eigenvalue weighted by molar-refractivity contribution is 8.00. The van der Waals surface area contributed by atoms with Crippen LogP contribution in [-0.4, -0.2) is 88.4 Å². The molecule has 1 aromatic heterocycles. The standard InChI is InChI=1S/C32H28N6O9S2/c33-32-34-20(15-49-32)23(36-47-26(31(45)46)17-7-8-21(39)22(40)12-17)27(41)35-24-28(42)38-25(30(43)44)19(14-48-29(24)38)6-3-10-37-11-9-16-4-1-2-5-18(16)13-37/h1-9,11-12,15,24,26,29,39-40H,10,13-14H2,(H2,33,34)(H,35,41)(H,43,44)(H,45,46). The number of carboxylic acids is 2. The molecule has 17 heteroatoms. The second kappa shape index (κ2) is 13.7. The van der Waals surface area contributed by atoms with Crippen molar-refractivity contribution in [3.63, 3.8) is 0 Å². The minimum Gasteiger partial charge on any atom is -0.504 e. The van der Waals surface area contributed by atoms with E-state index in [1.165, 1.54) is 28.8 Å². The minimum absolute atomic E-state index is 0.0665. The summed E-state index contributed by atoms with van der Waals surface area (Å²) in [6.07, 6.45) is 5.71. The number of amides is 2. The van der Waals surface area contributed by atoms with Crippen LogP contribution in [0.25, 0.3) is 6.08 Å². The number of carbonyl (C=O) groups is 4. The smallest absolute Gasteiger partial charge is 0.352 e. The zero-order valence-electron chi connectivity index (χ0n) is 25.3. The van der Waals surface area contributed by atoms with Gasteiger partial charge in [-0.1, -0.05) is 47.6 Å². The van der Waals surface area contributed by atoms with Crippen LogP contribution < -0.4 is 11.1 Å². The fraction of sp³-hybridized carbons (Fsp3) is 0.188. The largest absolute Gasteiger partial charge is 0.504 e. The molecule has 252 valence electrons. The van der Waals surface area contributed by atoms with Gasteiger partial charge in [0.05, 0.1) is 0 Å². The number of carbonyl (C=O) groups excluding carboxylic acids is 2. The summed E-state index contributed by atoms with van der Waals surface area (Å²) in [6, 6.07) is 10.1. The lowest BCUT2D eigenvalue weighted by molar-refractivity contribution is -0.151. The van der Waals surface area contributed by atoms with Crippen molar-refractivity contribution in [1.29, 1.82) is 0 Å². The molecule has 2 amide bonds. The van der Waals surface area contributed by atoms with Crippen LogP contribution in [0.2, 0.25) is 0 Å². The van der Waals surface area contributed by atoms with E-state index in [1.54, 1.807) is 6.08 Å². The average Bonchev–Trinajstić information content (AvgIpc) is 3.51. The SMILES string of the molecule is Nc1nc(C(=NOC(C(=O)O)c2ccc(O)c(O)c2)C(=O)NC2C(=O)N3C(C(=O)O)=C(C=CCN4C=Cc5ccccc5C4)CSC23)cs1. The Bertz CT molecular complexity index is 1970. The molecular weight excluding hydrogens is 677 g/mol. The molecule has 3 aliphatic heterocycles. The Hall–Kier alpha value is -5.81. The number of anilines is 1. The predicted octanol–water partition coefficient (Wildman–Crippen LogP) is 2.46. The molecule has 7 N–H and O–H groups in total. The molecule has 1 fully saturated rings. The maximum atomic E-state index is 13.5. The zero-order valence-corrected chi connectivity index (χ0v) is 26.9. The van der Waals surface area contributed by atoms with E-state index in [0.717, 1.165) is 33.9 Å². The number of β-lactam (4-membered cyclic amide) rings is 1. The number of aromatic hydroxyl groups is 2. The predicted molar refractivity (Wildman–Crippen MR) is 179 cm³/mol. The summed E-state index contributed by atoms with van der Waals surface area (Å²) in [5.74, 6) is -5.26. The van der Waals surface area contributed by atoms with Crippen molar-refractivity contribution < 1.29 is 44.4 Å². The van der Waals surface area contributed by atoms with E-state index < -0.39 is 58.5 Å². The first-order valence-electron chi connectivity index (χ1n) is 14.6. The number of thiazole rings is 1. The van der Waals surface area contributed by atoms with Gasteiger partial charge in [0.15, 0.2) is 22.3 Å². The number of nitrogen functional groups attached to an aromatic ring is 1. The quantitative estimate of drug-likeness (QED) is 0.0731. The van der Waals surface area contributed by atoms with Gasteiger partial charge in [-0.15, -0.1) is 23.1 Å². The second-order valence-electron chi connectivity index (χ2n) is 11.0. The number of phenolic OH excluding ortho intramolecular Hbond substituents is 2. The van der Waals surface area contributed by atoms with E-state index in [4.69, 9.17) is 10.6 Å². The van der Waals surface area contributed by atoms with Crippen LogP contribution in [0.15, 0.2) is 82.6 Å². The molecule has 3 unspecified atom stereocenters. The molecule has 15 nitrogen and oxygen atoms in total. The van der Waals surface area contributed by atoms with Gasteiger partial charge in [0.2, 0.25) is 6.10 Å².